The van der Waals surface area contributed by atoms with Gasteiger partial charge in [-0.05, 0) is 12.5 Å². The molecule has 1 N–H and O–H groups in total. The van der Waals surface area contributed by atoms with Crippen LogP contribution in [-0.2, 0) is 14.9 Å². The molecule has 0 amide bonds. The highest BCUT2D eigenvalue weighted by Gasteiger charge is 2.25. The van der Waals surface area contributed by atoms with Crippen LogP contribution in [0.1, 0.15) is 6.42 Å². The third-order valence-electron chi connectivity index (χ3n) is 2.30. The summed E-state index contributed by atoms with van der Waals surface area (Å²) in [4.78, 5) is 14.4. The van der Waals surface area contributed by atoms with Crippen LogP contribution in [0.25, 0.3) is 0 Å². The molecule has 0 saturated carbocycles. The maximum absolute atomic E-state index is 12.1. The van der Waals surface area contributed by atoms with Crippen molar-refractivity contribution in [2.45, 2.75) is 11.3 Å². The van der Waals surface area contributed by atoms with Crippen molar-refractivity contribution in [3.63, 3.8) is 0 Å². The average Bonchev–Trinajstić information content (AvgIpc) is 2.39. The number of nitro groups is 1. The van der Waals surface area contributed by atoms with Gasteiger partial charge >= 0.3 is 0 Å². The van der Waals surface area contributed by atoms with Crippen LogP contribution in [-0.4, -0.2) is 43.2 Å². The Hall–Kier alpha value is -1.55. The molecule has 0 spiro atoms. The lowest BCUT2D eigenvalue weighted by Crippen LogP contribution is -2.31. The number of hydroxylamine groups is 1. The molecule has 0 unspecified atom stereocenters. The molecule has 0 aliphatic heterocycles. The monoisotopic (exact) mass is 290 g/mol. The topological polar surface area (TPSA) is 110 Å². The van der Waals surface area contributed by atoms with Crippen LogP contribution in [0, 0.1) is 10.1 Å². The molecule has 0 fully saturated rings. The highest BCUT2D eigenvalue weighted by atomic mass is 32.2. The quantitative estimate of drug-likeness (QED) is 0.579. The summed E-state index contributed by atoms with van der Waals surface area (Å²) in [7, 11) is -2.81. The van der Waals surface area contributed by atoms with Crippen molar-refractivity contribution in [2.75, 3.05) is 20.3 Å². The van der Waals surface area contributed by atoms with Gasteiger partial charge in [0.2, 0.25) is 0 Å². The number of sulfonamides is 1. The van der Waals surface area contributed by atoms with Gasteiger partial charge in [0.25, 0.3) is 15.7 Å². The van der Waals surface area contributed by atoms with Gasteiger partial charge in [0, 0.05) is 25.3 Å². The fourth-order valence-corrected chi connectivity index (χ4v) is 2.71. The van der Waals surface area contributed by atoms with Crippen LogP contribution in [0.4, 0.5) is 5.69 Å². The Bertz CT molecular complexity index is 545. The average molecular weight is 290 g/mol. The van der Waals surface area contributed by atoms with Crippen LogP contribution in [0.2, 0.25) is 0 Å². The molecule has 0 saturated heterocycles. The summed E-state index contributed by atoms with van der Waals surface area (Å²) in [6, 6.07) is 4.68. The van der Waals surface area contributed by atoms with E-state index in [1.807, 2.05) is 0 Å². The Balaban J connectivity index is 3.11. The number of hydrogen-bond acceptors (Lipinski definition) is 6. The number of hydrogen-bond donors (Lipinski definition) is 1. The Morgan fingerprint density at radius 3 is 2.68 bits per heavy atom. The van der Waals surface area contributed by atoms with E-state index in [1.54, 1.807) is 0 Å². The molecule has 1 aromatic carbocycles. The lowest BCUT2D eigenvalue weighted by atomic mass is 10.3. The van der Waals surface area contributed by atoms with Gasteiger partial charge in [-0.3, -0.25) is 15.0 Å². The molecule has 0 radical (unpaired) electrons. The molecular weight excluding hydrogens is 276 g/mol. The van der Waals surface area contributed by atoms with Gasteiger partial charge in [0.1, 0.15) is 0 Å². The Morgan fingerprint density at radius 1 is 1.47 bits per heavy atom. The lowest BCUT2D eigenvalue weighted by molar-refractivity contribution is -0.385. The van der Waals surface area contributed by atoms with E-state index in [9.17, 15) is 18.5 Å². The van der Waals surface area contributed by atoms with Crippen molar-refractivity contribution < 1.29 is 23.3 Å². The maximum Gasteiger partial charge on any atom is 0.270 e. The van der Waals surface area contributed by atoms with Crippen LogP contribution in [0.5, 0.6) is 0 Å². The summed E-state index contributed by atoms with van der Waals surface area (Å²) in [6.45, 7) is -0.234. The molecule has 0 aliphatic rings. The summed E-state index contributed by atoms with van der Waals surface area (Å²) in [5.41, 5.74) is -0.320. The molecule has 8 nitrogen and oxygen atoms in total. The zero-order chi connectivity index (χ0) is 14.5. The van der Waals surface area contributed by atoms with E-state index < -0.39 is 14.9 Å². The van der Waals surface area contributed by atoms with Crippen molar-refractivity contribution >= 4 is 15.7 Å². The van der Waals surface area contributed by atoms with Crippen molar-refractivity contribution in [1.82, 2.24) is 4.47 Å². The molecule has 1 rings (SSSR count). The zero-order valence-corrected chi connectivity index (χ0v) is 11.0. The smallest absolute Gasteiger partial charge is 0.270 e. The van der Waals surface area contributed by atoms with Crippen molar-refractivity contribution in [2.24, 2.45) is 0 Å². The van der Waals surface area contributed by atoms with Crippen LogP contribution < -0.4 is 0 Å². The first-order valence-corrected chi connectivity index (χ1v) is 6.79. The van der Waals surface area contributed by atoms with Gasteiger partial charge in [-0.25, -0.2) is 8.42 Å². The van der Waals surface area contributed by atoms with E-state index in [-0.39, 0.29) is 30.2 Å². The van der Waals surface area contributed by atoms with Gasteiger partial charge in [-0.1, -0.05) is 10.5 Å². The second kappa shape index (κ2) is 6.57. The van der Waals surface area contributed by atoms with E-state index in [1.165, 1.54) is 25.3 Å². The first kappa shape index (κ1) is 15.5. The molecule has 0 heterocycles. The Labute approximate surface area is 110 Å². The van der Waals surface area contributed by atoms with Gasteiger partial charge in [-0.2, -0.15) is 0 Å². The number of benzene rings is 1. The van der Waals surface area contributed by atoms with Gasteiger partial charge in [0.05, 0.1) is 16.9 Å². The number of aliphatic hydroxyl groups excluding tert-OH is 1. The molecule has 19 heavy (non-hydrogen) atoms. The largest absolute Gasteiger partial charge is 0.396 e. The molecule has 0 bridgehead atoms. The Kier molecular flexibility index (Phi) is 5.36. The summed E-state index contributed by atoms with van der Waals surface area (Å²) in [6.07, 6.45) is 0.196. The fourth-order valence-electron chi connectivity index (χ4n) is 1.38. The molecule has 0 aromatic heterocycles. The maximum atomic E-state index is 12.1. The zero-order valence-electron chi connectivity index (χ0n) is 10.2. The molecule has 0 atom stereocenters. The number of aliphatic hydroxyl groups is 1. The number of rotatable bonds is 7. The predicted octanol–water partition coefficient (Wildman–Crippen LogP) is 0.529. The second-order valence-corrected chi connectivity index (χ2v) is 5.37. The lowest BCUT2D eigenvalue weighted by Gasteiger charge is -2.18. The first-order chi connectivity index (χ1) is 8.93. The summed E-state index contributed by atoms with van der Waals surface area (Å²) in [5, 5.41) is 19.3. The van der Waals surface area contributed by atoms with Crippen LogP contribution in [0.3, 0.4) is 0 Å². The van der Waals surface area contributed by atoms with Crippen molar-refractivity contribution in [3.05, 3.63) is 34.4 Å². The summed E-state index contributed by atoms with van der Waals surface area (Å²) in [5.74, 6) is 0. The minimum atomic E-state index is -3.98. The molecule has 106 valence electrons. The molecule has 9 heteroatoms. The van der Waals surface area contributed by atoms with E-state index in [2.05, 4.69) is 0 Å². The van der Waals surface area contributed by atoms with Crippen molar-refractivity contribution in [1.29, 1.82) is 0 Å². The van der Waals surface area contributed by atoms with Crippen LogP contribution >= 0.6 is 0 Å². The molecule has 1 aromatic rings. The van der Waals surface area contributed by atoms with E-state index >= 15 is 0 Å². The summed E-state index contributed by atoms with van der Waals surface area (Å²) >= 11 is 0. The SMILES string of the molecule is CON(CCCO)S(=O)(=O)c1cccc([N+](=O)[O-])c1. The minimum absolute atomic E-state index is 0.0436. The molecular formula is C10H14N2O6S. The van der Waals surface area contributed by atoms with Gasteiger partial charge < -0.3 is 5.11 Å². The van der Waals surface area contributed by atoms with Crippen LogP contribution in [0.15, 0.2) is 29.2 Å². The fraction of sp³-hybridized carbons (Fsp3) is 0.400. The highest BCUT2D eigenvalue weighted by molar-refractivity contribution is 7.89. The van der Waals surface area contributed by atoms with E-state index in [4.69, 9.17) is 9.94 Å². The third-order valence-corrected chi connectivity index (χ3v) is 4.01. The summed E-state index contributed by atoms with van der Waals surface area (Å²) < 4.78 is 25.0. The molecule has 0 aliphatic carbocycles. The van der Waals surface area contributed by atoms with Crippen molar-refractivity contribution in [3.8, 4) is 0 Å². The minimum Gasteiger partial charge on any atom is -0.396 e. The number of non-ortho nitro benzene ring substituents is 1. The second-order valence-electron chi connectivity index (χ2n) is 3.55. The highest BCUT2D eigenvalue weighted by Crippen LogP contribution is 2.21. The number of nitro benzene ring substituents is 1. The normalized spacial score (nSPS) is 11.7. The number of nitrogens with zero attached hydrogens (tertiary/aromatic N) is 2. The van der Waals surface area contributed by atoms with E-state index in [0.717, 1.165) is 6.07 Å². The predicted molar refractivity (Wildman–Crippen MR) is 65.7 cm³/mol. The Morgan fingerprint density at radius 2 is 2.16 bits per heavy atom. The van der Waals surface area contributed by atoms with Gasteiger partial charge in [0.15, 0.2) is 0 Å². The van der Waals surface area contributed by atoms with E-state index in [0.29, 0.717) is 4.47 Å². The third kappa shape index (κ3) is 3.70. The van der Waals surface area contributed by atoms with Gasteiger partial charge in [-0.15, -0.1) is 0 Å². The standard InChI is InChI=1S/C10H14N2O6S/c1-18-11(6-3-7-13)19(16,17)10-5-2-4-9(8-10)12(14)15/h2,4-5,8,13H,3,6-7H2,1H3. The first-order valence-electron chi connectivity index (χ1n) is 5.35.